The SMILES string of the molecule is CCCCC(C)Nc1ccc(C(C)CC)cc1. The topological polar surface area (TPSA) is 12.0 Å². The predicted molar refractivity (Wildman–Crippen MR) is 77.8 cm³/mol. The summed E-state index contributed by atoms with van der Waals surface area (Å²) in [4.78, 5) is 0. The van der Waals surface area contributed by atoms with E-state index in [1.54, 1.807) is 0 Å². The molecular weight excluding hydrogens is 206 g/mol. The van der Waals surface area contributed by atoms with Gasteiger partial charge >= 0.3 is 0 Å². The number of hydrogen-bond acceptors (Lipinski definition) is 1. The van der Waals surface area contributed by atoms with Crippen LogP contribution >= 0.6 is 0 Å². The van der Waals surface area contributed by atoms with Crippen molar-refractivity contribution in [1.82, 2.24) is 0 Å². The van der Waals surface area contributed by atoms with Crippen LogP contribution in [0.3, 0.4) is 0 Å². The van der Waals surface area contributed by atoms with Gasteiger partial charge in [0.25, 0.3) is 0 Å². The van der Waals surface area contributed by atoms with E-state index in [-0.39, 0.29) is 0 Å². The standard InChI is InChI=1S/C16H27N/c1-5-7-8-14(4)17-16-11-9-15(10-12-16)13(3)6-2/h9-14,17H,5-8H2,1-4H3. The van der Waals surface area contributed by atoms with Crippen molar-refractivity contribution in [3.05, 3.63) is 29.8 Å². The van der Waals surface area contributed by atoms with E-state index >= 15 is 0 Å². The summed E-state index contributed by atoms with van der Waals surface area (Å²) in [6.07, 6.45) is 5.04. The van der Waals surface area contributed by atoms with Crippen LogP contribution in [0.4, 0.5) is 5.69 Å². The molecule has 0 bridgehead atoms. The number of benzene rings is 1. The minimum Gasteiger partial charge on any atom is -0.383 e. The average Bonchev–Trinajstić information content (AvgIpc) is 2.36. The molecule has 1 nitrogen and oxygen atoms in total. The van der Waals surface area contributed by atoms with E-state index in [0.29, 0.717) is 12.0 Å². The predicted octanol–water partition coefficient (Wildman–Crippen LogP) is 5.19. The number of anilines is 1. The zero-order chi connectivity index (χ0) is 12.7. The summed E-state index contributed by atoms with van der Waals surface area (Å²) in [6, 6.07) is 9.50. The van der Waals surface area contributed by atoms with E-state index in [4.69, 9.17) is 0 Å². The Balaban J connectivity index is 2.50. The number of rotatable bonds is 7. The molecule has 0 spiro atoms. The van der Waals surface area contributed by atoms with E-state index in [1.807, 2.05) is 0 Å². The van der Waals surface area contributed by atoms with Gasteiger partial charge in [0.2, 0.25) is 0 Å². The van der Waals surface area contributed by atoms with Gasteiger partial charge in [0, 0.05) is 11.7 Å². The Hall–Kier alpha value is -0.980. The van der Waals surface area contributed by atoms with Gasteiger partial charge in [0.05, 0.1) is 0 Å². The maximum absolute atomic E-state index is 3.56. The first kappa shape index (κ1) is 14.1. The molecule has 2 atom stereocenters. The van der Waals surface area contributed by atoms with Gasteiger partial charge in [0.15, 0.2) is 0 Å². The van der Waals surface area contributed by atoms with Crippen LogP contribution < -0.4 is 5.32 Å². The summed E-state index contributed by atoms with van der Waals surface area (Å²) in [5, 5.41) is 3.56. The van der Waals surface area contributed by atoms with E-state index in [2.05, 4.69) is 57.3 Å². The molecule has 0 aliphatic heterocycles. The van der Waals surface area contributed by atoms with E-state index in [9.17, 15) is 0 Å². The summed E-state index contributed by atoms with van der Waals surface area (Å²) in [7, 11) is 0. The van der Waals surface area contributed by atoms with Gasteiger partial charge < -0.3 is 5.32 Å². The molecule has 17 heavy (non-hydrogen) atoms. The van der Waals surface area contributed by atoms with Gasteiger partial charge in [-0.15, -0.1) is 0 Å². The Bertz CT molecular complexity index is 302. The molecule has 1 aromatic carbocycles. The molecule has 1 rings (SSSR count). The van der Waals surface area contributed by atoms with Gasteiger partial charge in [-0.25, -0.2) is 0 Å². The minimum atomic E-state index is 0.574. The molecule has 2 unspecified atom stereocenters. The third-order valence-corrected chi connectivity index (χ3v) is 3.50. The van der Waals surface area contributed by atoms with E-state index in [1.165, 1.54) is 36.9 Å². The second-order valence-corrected chi connectivity index (χ2v) is 5.12. The number of hydrogen-bond donors (Lipinski definition) is 1. The molecule has 1 heteroatoms. The lowest BCUT2D eigenvalue weighted by molar-refractivity contribution is 0.645. The molecule has 0 saturated heterocycles. The van der Waals surface area contributed by atoms with Crippen molar-refractivity contribution >= 4 is 5.69 Å². The molecule has 1 N–H and O–H groups in total. The fourth-order valence-electron chi connectivity index (χ4n) is 2.01. The van der Waals surface area contributed by atoms with Crippen LogP contribution in [0.5, 0.6) is 0 Å². The molecule has 0 heterocycles. The van der Waals surface area contributed by atoms with Crippen LogP contribution in [0.15, 0.2) is 24.3 Å². The number of nitrogens with one attached hydrogen (secondary N) is 1. The van der Waals surface area contributed by atoms with Gasteiger partial charge in [-0.05, 0) is 43.4 Å². The lowest BCUT2D eigenvalue weighted by Gasteiger charge is -2.16. The summed E-state index contributed by atoms with van der Waals surface area (Å²) in [6.45, 7) is 9.03. The zero-order valence-corrected chi connectivity index (χ0v) is 11.8. The lowest BCUT2D eigenvalue weighted by Crippen LogP contribution is -2.14. The van der Waals surface area contributed by atoms with Crippen LogP contribution in [0.2, 0.25) is 0 Å². The molecule has 0 aliphatic carbocycles. The quantitative estimate of drug-likeness (QED) is 0.683. The second-order valence-electron chi connectivity index (χ2n) is 5.12. The van der Waals surface area contributed by atoms with E-state index < -0.39 is 0 Å². The van der Waals surface area contributed by atoms with Crippen LogP contribution in [0.1, 0.15) is 64.9 Å². The molecule has 0 radical (unpaired) electrons. The monoisotopic (exact) mass is 233 g/mol. The summed E-state index contributed by atoms with van der Waals surface area (Å²) in [5.74, 6) is 0.668. The zero-order valence-electron chi connectivity index (χ0n) is 11.8. The smallest absolute Gasteiger partial charge is 0.0342 e. The van der Waals surface area contributed by atoms with Crippen molar-refractivity contribution in [3.63, 3.8) is 0 Å². The molecule has 0 aromatic heterocycles. The van der Waals surface area contributed by atoms with E-state index in [0.717, 1.165) is 0 Å². The molecule has 96 valence electrons. The molecule has 0 fully saturated rings. The van der Waals surface area contributed by atoms with Gasteiger partial charge in [-0.1, -0.05) is 45.7 Å². The summed E-state index contributed by atoms with van der Waals surface area (Å²) in [5.41, 5.74) is 2.69. The first-order valence-electron chi connectivity index (χ1n) is 7.03. The fraction of sp³-hybridized carbons (Fsp3) is 0.625. The Kier molecular flexibility index (Phi) is 6.10. The highest BCUT2D eigenvalue weighted by atomic mass is 14.9. The minimum absolute atomic E-state index is 0.574. The van der Waals surface area contributed by atoms with Gasteiger partial charge in [-0.3, -0.25) is 0 Å². The fourth-order valence-corrected chi connectivity index (χ4v) is 2.01. The highest BCUT2D eigenvalue weighted by Crippen LogP contribution is 2.21. The first-order chi connectivity index (χ1) is 8.17. The first-order valence-corrected chi connectivity index (χ1v) is 7.03. The Labute approximate surface area is 107 Å². The van der Waals surface area contributed by atoms with Crippen molar-refractivity contribution < 1.29 is 0 Å². The molecule has 1 aromatic rings. The third-order valence-electron chi connectivity index (χ3n) is 3.50. The average molecular weight is 233 g/mol. The van der Waals surface area contributed by atoms with Crippen molar-refractivity contribution in [3.8, 4) is 0 Å². The highest BCUT2D eigenvalue weighted by Gasteiger charge is 2.04. The van der Waals surface area contributed by atoms with Crippen molar-refractivity contribution in [1.29, 1.82) is 0 Å². The molecule has 0 saturated carbocycles. The second kappa shape index (κ2) is 7.37. The van der Waals surface area contributed by atoms with Crippen LogP contribution in [-0.4, -0.2) is 6.04 Å². The lowest BCUT2D eigenvalue weighted by atomic mass is 9.98. The Morgan fingerprint density at radius 2 is 1.71 bits per heavy atom. The summed E-state index contributed by atoms with van der Waals surface area (Å²) < 4.78 is 0. The largest absolute Gasteiger partial charge is 0.383 e. The maximum atomic E-state index is 3.56. The molecule has 0 amide bonds. The molecule has 0 aliphatic rings. The normalized spacial score (nSPS) is 14.4. The number of unbranched alkanes of at least 4 members (excludes halogenated alkanes) is 1. The Morgan fingerprint density at radius 3 is 2.24 bits per heavy atom. The van der Waals surface area contributed by atoms with Gasteiger partial charge in [0.1, 0.15) is 0 Å². The van der Waals surface area contributed by atoms with Crippen molar-refractivity contribution in [2.75, 3.05) is 5.32 Å². The van der Waals surface area contributed by atoms with Crippen molar-refractivity contribution in [2.24, 2.45) is 0 Å². The third kappa shape index (κ3) is 4.80. The highest BCUT2D eigenvalue weighted by molar-refractivity contribution is 5.45. The summed E-state index contributed by atoms with van der Waals surface area (Å²) >= 11 is 0. The van der Waals surface area contributed by atoms with Crippen LogP contribution in [-0.2, 0) is 0 Å². The van der Waals surface area contributed by atoms with Crippen LogP contribution in [0.25, 0.3) is 0 Å². The Morgan fingerprint density at radius 1 is 1.06 bits per heavy atom. The van der Waals surface area contributed by atoms with Gasteiger partial charge in [-0.2, -0.15) is 0 Å². The molecular formula is C16H27N. The van der Waals surface area contributed by atoms with Crippen LogP contribution in [0, 0.1) is 0 Å². The van der Waals surface area contributed by atoms with Crippen molar-refractivity contribution in [2.45, 2.75) is 65.3 Å². The maximum Gasteiger partial charge on any atom is 0.0342 e.